The van der Waals surface area contributed by atoms with Crippen molar-refractivity contribution in [3.8, 4) is 22.7 Å². The molecule has 3 aromatic rings. The summed E-state index contributed by atoms with van der Waals surface area (Å²) in [5.41, 5.74) is 1.83. The van der Waals surface area contributed by atoms with E-state index in [2.05, 4.69) is 0 Å². The molecule has 3 rings (SSSR count). The molecule has 2 heterocycles. The molecule has 0 N–H and O–H groups in total. The molecular weight excluding hydrogens is 298 g/mol. The third kappa shape index (κ3) is 2.22. The molecule has 0 atom stereocenters. The topological polar surface area (TPSA) is 78.8 Å². The Balaban J connectivity index is 2.34. The fourth-order valence-electron chi connectivity index (χ4n) is 2.24. The Kier molecular flexibility index (Phi) is 3.38. The van der Waals surface area contributed by atoms with Crippen LogP contribution in [0.5, 0.6) is 0 Å². The number of thiophene rings is 1. The van der Waals surface area contributed by atoms with Crippen molar-refractivity contribution in [1.29, 1.82) is 10.5 Å². The van der Waals surface area contributed by atoms with Crippen LogP contribution in [0, 0.1) is 22.7 Å². The van der Waals surface area contributed by atoms with E-state index in [1.165, 1.54) is 23.0 Å². The van der Waals surface area contributed by atoms with Crippen molar-refractivity contribution in [2.24, 2.45) is 0 Å². The summed E-state index contributed by atoms with van der Waals surface area (Å²) < 4.78 is 1.41. The van der Waals surface area contributed by atoms with Crippen LogP contribution in [0.1, 0.15) is 18.1 Å². The Morgan fingerprint density at radius 1 is 1.23 bits per heavy atom. The zero-order valence-electron chi connectivity index (χ0n) is 11.5. The zero-order chi connectivity index (χ0) is 15.7. The Labute approximate surface area is 130 Å². The molecular formula is C16H9N3O2S. The van der Waals surface area contributed by atoms with E-state index in [1.807, 2.05) is 35.7 Å². The molecule has 0 saturated carbocycles. The highest BCUT2D eigenvalue weighted by atomic mass is 32.1. The zero-order valence-corrected chi connectivity index (χ0v) is 12.3. The predicted molar refractivity (Wildman–Crippen MR) is 81.9 cm³/mol. The van der Waals surface area contributed by atoms with E-state index in [-0.39, 0.29) is 5.56 Å². The highest BCUT2D eigenvalue weighted by Crippen LogP contribution is 2.31. The van der Waals surface area contributed by atoms with Crippen molar-refractivity contribution in [3.05, 3.63) is 46.8 Å². The van der Waals surface area contributed by atoms with E-state index in [9.17, 15) is 4.79 Å². The summed E-state index contributed by atoms with van der Waals surface area (Å²) in [4.78, 5) is 17.6. The van der Waals surface area contributed by atoms with Crippen LogP contribution in [-0.2, 0) is 4.79 Å². The minimum Gasteiger partial charge on any atom is -0.336 e. The number of aromatic nitrogens is 1. The normalized spacial score (nSPS) is 10.1. The van der Waals surface area contributed by atoms with Crippen LogP contribution >= 0.6 is 11.3 Å². The molecule has 6 heteroatoms. The van der Waals surface area contributed by atoms with Crippen LogP contribution in [0.4, 0.5) is 0 Å². The van der Waals surface area contributed by atoms with Gasteiger partial charge < -0.3 is 4.84 Å². The molecule has 0 amide bonds. The molecule has 1 aromatic carbocycles. The van der Waals surface area contributed by atoms with Gasteiger partial charge in [0.25, 0.3) is 0 Å². The lowest BCUT2D eigenvalue weighted by molar-refractivity contribution is -0.140. The number of carbonyl (C=O) groups is 1. The smallest absolute Gasteiger partial charge is 0.329 e. The van der Waals surface area contributed by atoms with Gasteiger partial charge in [0, 0.05) is 12.3 Å². The Morgan fingerprint density at radius 2 is 1.95 bits per heavy atom. The van der Waals surface area contributed by atoms with Crippen molar-refractivity contribution in [2.45, 2.75) is 6.92 Å². The van der Waals surface area contributed by atoms with Crippen molar-refractivity contribution in [1.82, 2.24) is 4.73 Å². The summed E-state index contributed by atoms with van der Waals surface area (Å²) in [6.45, 7) is 1.32. The third-order valence-electron chi connectivity index (χ3n) is 3.13. The van der Waals surface area contributed by atoms with E-state index in [0.29, 0.717) is 16.8 Å². The monoisotopic (exact) mass is 307 g/mol. The first kappa shape index (κ1) is 13.9. The lowest BCUT2D eigenvalue weighted by Crippen LogP contribution is -2.17. The molecule has 106 valence electrons. The van der Waals surface area contributed by atoms with Gasteiger partial charge in [0.1, 0.15) is 12.1 Å². The van der Waals surface area contributed by atoms with Crippen molar-refractivity contribution < 1.29 is 9.63 Å². The Hall–Kier alpha value is -3.09. The fraction of sp³-hybridized carbons (Fsp3) is 0.0625. The average molecular weight is 307 g/mol. The van der Waals surface area contributed by atoms with Gasteiger partial charge in [-0.3, -0.25) is 0 Å². The Bertz CT molecular complexity index is 956. The number of carbonyl (C=O) groups excluding carboxylic acids is 1. The number of benzene rings is 1. The molecule has 2 aromatic heterocycles. The summed E-state index contributed by atoms with van der Waals surface area (Å²) >= 11 is 1.51. The lowest BCUT2D eigenvalue weighted by Gasteiger charge is -2.08. The maximum absolute atomic E-state index is 11.4. The number of rotatable bonds is 2. The number of hydrogen-bond acceptors (Lipinski definition) is 5. The second kappa shape index (κ2) is 5.36. The van der Waals surface area contributed by atoms with Crippen LogP contribution in [-0.4, -0.2) is 10.7 Å². The molecule has 0 radical (unpaired) electrons. The fourth-order valence-corrected chi connectivity index (χ4v) is 2.96. The first-order valence-electron chi connectivity index (χ1n) is 6.36. The van der Waals surface area contributed by atoms with E-state index in [4.69, 9.17) is 15.4 Å². The Morgan fingerprint density at radius 3 is 2.55 bits per heavy atom. The van der Waals surface area contributed by atoms with E-state index in [1.54, 1.807) is 12.1 Å². The van der Waals surface area contributed by atoms with Crippen LogP contribution in [0.25, 0.3) is 21.5 Å². The third-order valence-corrected chi connectivity index (χ3v) is 4.02. The molecule has 0 saturated heterocycles. The van der Waals surface area contributed by atoms with Gasteiger partial charge >= 0.3 is 5.97 Å². The van der Waals surface area contributed by atoms with Gasteiger partial charge in [0.15, 0.2) is 0 Å². The van der Waals surface area contributed by atoms with Gasteiger partial charge in [0.2, 0.25) is 0 Å². The largest absolute Gasteiger partial charge is 0.336 e. The highest BCUT2D eigenvalue weighted by Gasteiger charge is 2.16. The second-order valence-electron chi connectivity index (χ2n) is 4.56. The minimum atomic E-state index is -0.460. The summed E-state index contributed by atoms with van der Waals surface area (Å²) in [5.74, 6) is -0.460. The highest BCUT2D eigenvalue weighted by molar-refractivity contribution is 7.13. The maximum atomic E-state index is 11.4. The molecule has 0 fully saturated rings. The van der Waals surface area contributed by atoms with Gasteiger partial charge in [0.05, 0.1) is 27.2 Å². The van der Waals surface area contributed by atoms with Gasteiger partial charge in [-0.15, -0.1) is 11.3 Å². The molecule has 5 nitrogen and oxygen atoms in total. The number of hydrogen-bond donors (Lipinski definition) is 0. The summed E-state index contributed by atoms with van der Waals surface area (Å²) in [5, 5.41) is 20.9. The van der Waals surface area contributed by atoms with E-state index >= 15 is 0 Å². The van der Waals surface area contributed by atoms with Crippen molar-refractivity contribution in [3.63, 3.8) is 0 Å². The summed E-state index contributed by atoms with van der Waals surface area (Å²) in [6.07, 6.45) is 0. The second-order valence-corrected chi connectivity index (χ2v) is 5.51. The lowest BCUT2D eigenvalue weighted by atomic mass is 10.1. The molecule has 0 aliphatic carbocycles. The van der Waals surface area contributed by atoms with Crippen LogP contribution in [0.2, 0.25) is 0 Å². The minimum absolute atomic E-state index is 0.249. The first-order valence-corrected chi connectivity index (χ1v) is 7.24. The molecule has 0 unspecified atom stereocenters. The average Bonchev–Trinajstić information content (AvgIpc) is 3.13. The summed E-state index contributed by atoms with van der Waals surface area (Å²) in [7, 11) is 0. The van der Waals surface area contributed by atoms with E-state index in [0.717, 1.165) is 10.3 Å². The van der Waals surface area contributed by atoms with Crippen LogP contribution in [0.3, 0.4) is 0 Å². The van der Waals surface area contributed by atoms with Gasteiger partial charge in [-0.2, -0.15) is 15.3 Å². The standard InChI is InChI=1S/C16H9N3O2S/c1-10(20)21-19-14-7-13(9-18)12(8-17)5-11(14)6-15(19)16-3-2-4-22-16/h2-7H,1H3. The predicted octanol–water partition coefficient (Wildman–Crippen LogP) is 3.09. The SMILES string of the molecule is CC(=O)On1c(-c2cccs2)cc2cc(C#N)c(C#N)cc21. The molecule has 0 aliphatic rings. The molecule has 0 aliphatic heterocycles. The van der Waals surface area contributed by atoms with Crippen molar-refractivity contribution in [2.75, 3.05) is 0 Å². The molecule has 22 heavy (non-hydrogen) atoms. The van der Waals surface area contributed by atoms with Gasteiger partial charge in [-0.25, -0.2) is 4.79 Å². The number of nitriles is 2. The van der Waals surface area contributed by atoms with Crippen molar-refractivity contribution >= 4 is 28.2 Å². The molecule has 0 spiro atoms. The maximum Gasteiger partial charge on any atom is 0.329 e. The van der Waals surface area contributed by atoms with E-state index < -0.39 is 5.97 Å². The number of nitrogens with zero attached hydrogens (tertiary/aromatic N) is 3. The van der Waals surface area contributed by atoms with Gasteiger partial charge in [-0.05, 0) is 29.6 Å². The van der Waals surface area contributed by atoms with Crippen LogP contribution in [0.15, 0.2) is 35.7 Å². The summed E-state index contributed by atoms with van der Waals surface area (Å²) in [6, 6.07) is 12.8. The first-order chi connectivity index (χ1) is 10.6. The number of fused-ring (bicyclic) bond motifs is 1. The molecule has 0 bridgehead atoms. The van der Waals surface area contributed by atoms with Crippen LogP contribution < -0.4 is 4.84 Å². The van der Waals surface area contributed by atoms with Gasteiger partial charge in [-0.1, -0.05) is 6.07 Å². The quantitative estimate of drug-likeness (QED) is 0.728.